The van der Waals surface area contributed by atoms with Crippen molar-refractivity contribution in [3.05, 3.63) is 52.3 Å². The molecule has 1 aromatic carbocycles. The lowest BCUT2D eigenvalue weighted by atomic mass is 10.1. The SMILES string of the molecule is CCc1cn2nc([C@H](C)N(C)C(=O)c3cc(Cl)ccc3NS(C)(=O)=O)cc2nc1N1CC[C@H](N)C1. The molecule has 1 aliphatic heterocycles. The second-order valence-electron chi connectivity index (χ2n) is 8.97. The number of nitrogens with one attached hydrogen (secondary N) is 1. The van der Waals surface area contributed by atoms with E-state index in [1.165, 1.54) is 23.1 Å². The number of nitrogens with two attached hydrogens (primary N) is 1. The zero-order valence-corrected chi connectivity index (χ0v) is 21.8. The average molecular weight is 520 g/mol. The highest BCUT2D eigenvalue weighted by Crippen LogP contribution is 2.28. The Balaban J connectivity index is 1.64. The van der Waals surface area contributed by atoms with Gasteiger partial charge in [0.1, 0.15) is 5.82 Å². The molecule has 4 rings (SSSR count). The summed E-state index contributed by atoms with van der Waals surface area (Å²) in [5.74, 6) is 0.532. The lowest BCUT2D eigenvalue weighted by Gasteiger charge is -2.24. The summed E-state index contributed by atoms with van der Waals surface area (Å²) in [6.45, 7) is 5.58. The van der Waals surface area contributed by atoms with E-state index in [1.54, 1.807) is 11.6 Å². The predicted molar refractivity (Wildman–Crippen MR) is 138 cm³/mol. The van der Waals surface area contributed by atoms with Gasteiger partial charge in [0, 0.05) is 49.0 Å². The first kappa shape index (κ1) is 25.2. The number of aromatic nitrogens is 3. The van der Waals surface area contributed by atoms with Crippen LogP contribution in [0.4, 0.5) is 11.5 Å². The minimum absolute atomic E-state index is 0.145. The van der Waals surface area contributed by atoms with Gasteiger partial charge in [-0.05, 0) is 38.0 Å². The molecular weight excluding hydrogens is 490 g/mol. The second-order valence-corrected chi connectivity index (χ2v) is 11.2. The van der Waals surface area contributed by atoms with Gasteiger partial charge < -0.3 is 15.5 Å². The molecule has 1 aliphatic rings. The molecule has 1 fully saturated rings. The standard InChI is InChI=1S/C23H30ClN7O3S/c1-5-15-12-31-21(26-22(15)30-9-8-17(25)13-30)11-20(27-31)14(2)29(3)23(32)18-10-16(24)6-7-19(18)28-35(4,33)34/h6-7,10-12,14,17,28H,5,8-9,13,25H2,1-4H3/t14-,17-/m0/s1. The monoisotopic (exact) mass is 519 g/mol. The van der Waals surface area contributed by atoms with Crippen LogP contribution in [0.3, 0.4) is 0 Å². The van der Waals surface area contributed by atoms with Crippen LogP contribution in [0, 0.1) is 0 Å². The van der Waals surface area contributed by atoms with E-state index in [0.29, 0.717) is 16.4 Å². The molecule has 1 amide bonds. The van der Waals surface area contributed by atoms with Crippen molar-refractivity contribution in [3.63, 3.8) is 0 Å². The van der Waals surface area contributed by atoms with Crippen LogP contribution in [0.5, 0.6) is 0 Å². The van der Waals surface area contributed by atoms with E-state index in [0.717, 1.165) is 43.6 Å². The fraction of sp³-hybridized carbons (Fsp3) is 0.435. The van der Waals surface area contributed by atoms with Gasteiger partial charge in [0.05, 0.1) is 29.2 Å². The van der Waals surface area contributed by atoms with Crippen molar-refractivity contribution in [1.29, 1.82) is 0 Å². The first-order chi connectivity index (χ1) is 16.5. The van der Waals surface area contributed by atoms with E-state index in [4.69, 9.17) is 22.3 Å². The van der Waals surface area contributed by atoms with Gasteiger partial charge in [0.25, 0.3) is 5.91 Å². The number of carbonyl (C=O) groups is 1. The molecule has 3 N–H and O–H groups in total. The number of rotatable bonds is 7. The van der Waals surface area contributed by atoms with Gasteiger partial charge in [-0.2, -0.15) is 5.10 Å². The number of benzene rings is 1. The van der Waals surface area contributed by atoms with Gasteiger partial charge in [-0.3, -0.25) is 9.52 Å². The van der Waals surface area contributed by atoms with Crippen LogP contribution in [0.15, 0.2) is 30.5 Å². The maximum Gasteiger partial charge on any atom is 0.256 e. The minimum Gasteiger partial charge on any atom is -0.355 e. The summed E-state index contributed by atoms with van der Waals surface area (Å²) in [4.78, 5) is 21.9. The molecule has 188 valence electrons. The van der Waals surface area contributed by atoms with Crippen molar-refractivity contribution >= 4 is 44.7 Å². The molecular formula is C23H30ClN7O3S. The summed E-state index contributed by atoms with van der Waals surface area (Å²) in [6, 6.07) is 6.05. The van der Waals surface area contributed by atoms with E-state index in [-0.39, 0.29) is 17.3 Å². The first-order valence-electron chi connectivity index (χ1n) is 11.4. The van der Waals surface area contributed by atoms with Crippen LogP contribution in [-0.2, 0) is 16.4 Å². The van der Waals surface area contributed by atoms with Crippen LogP contribution in [-0.4, -0.2) is 66.3 Å². The zero-order chi connectivity index (χ0) is 25.5. The summed E-state index contributed by atoms with van der Waals surface area (Å²) in [7, 11) is -1.94. The normalized spacial score (nSPS) is 17.1. The number of fused-ring (bicyclic) bond motifs is 1. The maximum absolute atomic E-state index is 13.4. The molecule has 35 heavy (non-hydrogen) atoms. The number of aryl methyl sites for hydroxylation is 1. The fourth-order valence-corrected chi connectivity index (χ4v) is 4.97. The largest absolute Gasteiger partial charge is 0.355 e. The van der Waals surface area contributed by atoms with E-state index < -0.39 is 22.0 Å². The minimum atomic E-state index is -3.58. The maximum atomic E-state index is 13.4. The van der Waals surface area contributed by atoms with Crippen molar-refractivity contribution < 1.29 is 13.2 Å². The molecule has 2 aromatic heterocycles. The molecule has 0 radical (unpaired) electrons. The third kappa shape index (κ3) is 5.36. The van der Waals surface area contributed by atoms with Gasteiger partial charge in [0.2, 0.25) is 10.0 Å². The number of anilines is 2. The van der Waals surface area contributed by atoms with E-state index in [1.807, 2.05) is 19.2 Å². The molecule has 0 spiro atoms. The second kappa shape index (κ2) is 9.63. The third-order valence-corrected chi connectivity index (χ3v) is 7.09. The first-order valence-corrected chi connectivity index (χ1v) is 13.7. The number of sulfonamides is 1. The number of halogens is 1. The highest BCUT2D eigenvalue weighted by atomic mass is 35.5. The van der Waals surface area contributed by atoms with Gasteiger partial charge >= 0.3 is 0 Å². The van der Waals surface area contributed by atoms with Crippen LogP contribution < -0.4 is 15.4 Å². The Bertz CT molecular complexity index is 1370. The van der Waals surface area contributed by atoms with Crippen molar-refractivity contribution in [2.75, 3.05) is 36.0 Å². The molecule has 12 heteroatoms. The quantitative estimate of drug-likeness (QED) is 0.491. The Morgan fingerprint density at radius 3 is 2.74 bits per heavy atom. The highest BCUT2D eigenvalue weighted by Gasteiger charge is 2.26. The van der Waals surface area contributed by atoms with Crippen LogP contribution in [0.25, 0.3) is 5.65 Å². The summed E-state index contributed by atoms with van der Waals surface area (Å²) >= 11 is 6.11. The molecule has 2 atom stereocenters. The fourth-order valence-electron chi connectivity index (χ4n) is 4.22. The van der Waals surface area contributed by atoms with Crippen molar-refractivity contribution in [2.45, 2.75) is 38.8 Å². The predicted octanol–water partition coefficient (Wildman–Crippen LogP) is 2.69. The third-order valence-electron chi connectivity index (χ3n) is 6.26. The van der Waals surface area contributed by atoms with Gasteiger partial charge in [-0.15, -0.1) is 0 Å². The lowest BCUT2D eigenvalue weighted by molar-refractivity contribution is 0.0740. The Labute approximate surface area is 210 Å². The number of hydrogen-bond acceptors (Lipinski definition) is 7. The zero-order valence-electron chi connectivity index (χ0n) is 20.2. The number of carbonyl (C=O) groups excluding carboxylic acids is 1. The lowest BCUT2D eigenvalue weighted by Crippen LogP contribution is -2.31. The summed E-state index contributed by atoms with van der Waals surface area (Å²) in [5.41, 5.74) is 8.84. The van der Waals surface area contributed by atoms with E-state index >= 15 is 0 Å². The molecule has 10 nitrogen and oxygen atoms in total. The van der Waals surface area contributed by atoms with Crippen LogP contribution >= 0.6 is 11.6 Å². The Kier molecular flexibility index (Phi) is 6.94. The summed E-state index contributed by atoms with van der Waals surface area (Å²) in [6.07, 6.45) is 4.74. The highest BCUT2D eigenvalue weighted by molar-refractivity contribution is 7.92. The topological polar surface area (TPSA) is 126 Å². The molecule has 0 bridgehead atoms. The van der Waals surface area contributed by atoms with Crippen LogP contribution in [0.1, 0.15) is 47.9 Å². The van der Waals surface area contributed by atoms with Gasteiger partial charge in [0.15, 0.2) is 5.65 Å². The Hall–Kier alpha value is -2.89. The number of amides is 1. The van der Waals surface area contributed by atoms with Gasteiger partial charge in [-0.25, -0.2) is 17.9 Å². The van der Waals surface area contributed by atoms with E-state index in [9.17, 15) is 13.2 Å². The molecule has 3 aromatic rings. The molecule has 0 aliphatic carbocycles. The molecule has 0 saturated carbocycles. The van der Waals surface area contributed by atoms with Crippen molar-refractivity contribution in [1.82, 2.24) is 19.5 Å². The molecule has 1 saturated heterocycles. The Morgan fingerprint density at radius 2 is 2.11 bits per heavy atom. The summed E-state index contributed by atoms with van der Waals surface area (Å²) in [5, 5.41) is 5.01. The summed E-state index contributed by atoms with van der Waals surface area (Å²) < 4.78 is 27.7. The number of hydrogen-bond donors (Lipinski definition) is 2. The smallest absolute Gasteiger partial charge is 0.256 e. The van der Waals surface area contributed by atoms with Crippen molar-refractivity contribution in [2.24, 2.45) is 5.73 Å². The van der Waals surface area contributed by atoms with Crippen LogP contribution in [0.2, 0.25) is 5.02 Å². The number of nitrogens with zero attached hydrogens (tertiary/aromatic N) is 5. The molecule has 3 heterocycles. The average Bonchev–Trinajstić information content (AvgIpc) is 3.42. The van der Waals surface area contributed by atoms with E-state index in [2.05, 4.69) is 21.6 Å². The molecule has 0 unspecified atom stereocenters. The Morgan fingerprint density at radius 1 is 1.37 bits per heavy atom. The van der Waals surface area contributed by atoms with Crippen molar-refractivity contribution in [3.8, 4) is 0 Å². The van der Waals surface area contributed by atoms with Gasteiger partial charge in [-0.1, -0.05) is 18.5 Å².